The van der Waals surface area contributed by atoms with Crippen LogP contribution in [0.3, 0.4) is 0 Å². The zero-order valence-corrected chi connectivity index (χ0v) is 19.4. The van der Waals surface area contributed by atoms with Crippen molar-refractivity contribution < 1.29 is 19.0 Å². The van der Waals surface area contributed by atoms with Crippen molar-refractivity contribution >= 4 is 17.3 Å². The fourth-order valence-corrected chi connectivity index (χ4v) is 4.57. The molecule has 0 bridgehead atoms. The zero-order chi connectivity index (χ0) is 23.4. The first-order valence-corrected chi connectivity index (χ1v) is 11.6. The van der Waals surface area contributed by atoms with Gasteiger partial charge in [-0.2, -0.15) is 0 Å². The van der Waals surface area contributed by atoms with Crippen LogP contribution in [-0.2, 0) is 16.1 Å². The molecule has 0 unspecified atom stereocenters. The minimum atomic E-state index is -0.330. The molecule has 3 heterocycles. The molecule has 7 heteroatoms. The Balaban J connectivity index is 1.18. The fourth-order valence-electron chi connectivity index (χ4n) is 4.57. The van der Waals surface area contributed by atoms with Crippen LogP contribution in [0.25, 0.3) is 0 Å². The van der Waals surface area contributed by atoms with Crippen molar-refractivity contribution in [2.45, 2.75) is 25.0 Å². The number of amides is 1. The molecule has 0 atom stereocenters. The monoisotopic (exact) mass is 459 g/mol. The number of methoxy groups -OCH3 is 1. The number of carbonyl (C=O) groups is 1. The van der Waals surface area contributed by atoms with Gasteiger partial charge in [0, 0.05) is 24.8 Å². The first kappa shape index (κ1) is 22.2. The number of aromatic nitrogens is 1. The van der Waals surface area contributed by atoms with Crippen molar-refractivity contribution in [2.75, 3.05) is 43.2 Å². The molecule has 1 aromatic heterocycles. The van der Waals surface area contributed by atoms with Gasteiger partial charge in [-0.05, 0) is 48.7 Å². The van der Waals surface area contributed by atoms with Gasteiger partial charge >= 0.3 is 0 Å². The third-order valence-corrected chi connectivity index (χ3v) is 6.62. The van der Waals surface area contributed by atoms with Gasteiger partial charge in [-0.3, -0.25) is 4.79 Å². The van der Waals surface area contributed by atoms with Crippen LogP contribution in [0, 0.1) is 0 Å². The van der Waals surface area contributed by atoms with Crippen LogP contribution in [0.15, 0.2) is 72.9 Å². The van der Waals surface area contributed by atoms with Crippen LogP contribution in [0.1, 0.15) is 18.4 Å². The molecule has 0 radical (unpaired) electrons. The standard InChI is InChI=1S/C27H29N3O4/c1-32-25-12-9-23(17-28-25)30-20-27(34-19-26(30)31)13-15-29(16-14-27)22-7-10-24(11-8-22)33-18-21-5-3-2-4-6-21/h2-12,17H,13-16,18-20H2,1H3. The van der Waals surface area contributed by atoms with E-state index in [9.17, 15) is 4.79 Å². The number of carbonyl (C=O) groups excluding carboxylic acids is 1. The molecule has 176 valence electrons. The van der Waals surface area contributed by atoms with Gasteiger partial charge in [-0.15, -0.1) is 0 Å². The summed E-state index contributed by atoms with van der Waals surface area (Å²) in [6.07, 6.45) is 3.39. The number of anilines is 2. The molecule has 2 saturated heterocycles. The summed E-state index contributed by atoms with van der Waals surface area (Å²) in [6.45, 7) is 2.93. The minimum absolute atomic E-state index is 0.0360. The predicted octanol–water partition coefficient (Wildman–Crippen LogP) is 4.07. The third kappa shape index (κ3) is 4.84. The second kappa shape index (κ2) is 9.73. The average Bonchev–Trinajstić information content (AvgIpc) is 2.90. The van der Waals surface area contributed by atoms with Crippen LogP contribution in [0.2, 0.25) is 0 Å². The molecule has 2 aromatic carbocycles. The van der Waals surface area contributed by atoms with Gasteiger partial charge in [0.1, 0.15) is 19.0 Å². The molecule has 0 aliphatic carbocycles. The normalized spacial score (nSPS) is 17.6. The van der Waals surface area contributed by atoms with Crippen LogP contribution < -0.4 is 19.3 Å². The Labute approximate surface area is 199 Å². The van der Waals surface area contributed by atoms with E-state index < -0.39 is 0 Å². The third-order valence-electron chi connectivity index (χ3n) is 6.62. The summed E-state index contributed by atoms with van der Waals surface area (Å²) in [5.41, 5.74) is 2.77. The Morgan fingerprint density at radius 3 is 2.38 bits per heavy atom. The van der Waals surface area contributed by atoms with E-state index in [4.69, 9.17) is 14.2 Å². The van der Waals surface area contributed by atoms with Gasteiger partial charge in [0.2, 0.25) is 5.88 Å². The number of benzene rings is 2. The zero-order valence-electron chi connectivity index (χ0n) is 19.4. The summed E-state index contributed by atoms with van der Waals surface area (Å²) in [7, 11) is 1.58. The lowest BCUT2D eigenvalue weighted by molar-refractivity contribution is -0.141. The number of rotatable bonds is 6. The number of pyridine rings is 1. The molecule has 1 amide bonds. The highest BCUT2D eigenvalue weighted by Gasteiger charge is 2.42. The summed E-state index contributed by atoms with van der Waals surface area (Å²) in [4.78, 5) is 21.0. The number of piperidine rings is 1. The Kier molecular flexibility index (Phi) is 6.36. The summed E-state index contributed by atoms with van der Waals surface area (Å²) < 4.78 is 17.2. The van der Waals surface area contributed by atoms with Crippen molar-refractivity contribution in [2.24, 2.45) is 0 Å². The Morgan fingerprint density at radius 2 is 1.71 bits per heavy atom. The molecule has 2 fully saturated rings. The second-order valence-corrected chi connectivity index (χ2v) is 8.77. The maximum atomic E-state index is 12.6. The van der Waals surface area contributed by atoms with Crippen LogP contribution >= 0.6 is 0 Å². The highest BCUT2D eigenvalue weighted by atomic mass is 16.5. The lowest BCUT2D eigenvalue weighted by Gasteiger charge is -2.47. The van der Waals surface area contributed by atoms with Gasteiger partial charge in [-0.1, -0.05) is 30.3 Å². The number of morpholine rings is 1. The molecular formula is C27H29N3O4. The lowest BCUT2D eigenvalue weighted by atomic mass is 9.88. The molecule has 34 heavy (non-hydrogen) atoms. The Bertz CT molecular complexity index is 1090. The van der Waals surface area contributed by atoms with Gasteiger partial charge in [0.05, 0.1) is 31.1 Å². The first-order valence-electron chi connectivity index (χ1n) is 11.6. The topological polar surface area (TPSA) is 64.1 Å². The highest BCUT2D eigenvalue weighted by Crippen LogP contribution is 2.34. The second-order valence-electron chi connectivity index (χ2n) is 8.77. The molecule has 2 aliphatic rings. The van der Waals surface area contributed by atoms with E-state index in [1.165, 1.54) is 5.69 Å². The SMILES string of the molecule is COc1ccc(N2CC3(CCN(c4ccc(OCc5ccccc5)cc4)CC3)OCC2=O)cn1. The van der Waals surface area contributed by atoms with E-state index in [1.807, 2.05) is 36.4 Å². The number of hydrogen-bond donors (Lipinski definition) is 0. The van der Waals surface area contributed by atoms with Gasteiger partial charge in [-0.25, -0.2) is 4.98 Å². The molecule has 5 rings (SSSR count). The molecule has 0 N–H and O–H groups in total. The van der Waals surface area contributed by atoms with Crippen LogP contribution in [-0.4, -0.2) is 49.8 Å². The van der Waals surface area contributed by atoms with Crippen molar-refractivity contribution in [1.29, 1.82) is 0 Å². The fraction of sp³-hybridized carbons (Fsp3) is 0.333. The Hall–Kier alpha value is -3.58. The number of hydrogen-bond acceptors (Lipinski definition) is 6. The van der Waals surface area contributed by atoms with E-state index in [1.54, 1.807) is 24.3 Å². The summed E-state index contributed by atoms with van der Waals surface area (Å²) in [5, 5.41) is 0. The van der Waals surface area contributed by atoms with Gasteiger partial charge in [0.15, 0.2) is 0 Å². The lowest BCUT2D eigenvalue weighted by Crippen LogP contribution is -2.59. The molecule has 0 saturated carbocycles. The predicted molar refractivity (Wildman–Crippen MR) is 130 cm³/mol. The maximum absolute atomic E-state index is 12.6. The summed E-state index contributed by atoms with van der Waals surface area (Å²) in [6, 6.07) is 22.1. The smallest absolute Gasteiger partial charge is 0.253 e. The first-order chi connectivity index (χ1) is 16.6. The molecule has 2 aliphatic heterocycles. The maximum Gasteiger partial charge on any atom is 0.253 e. The summed E-state index contributed by atoms with van der Waals surface area (Å²) in [5.74, 6) is 1.36. The van der Waals surface area contributed by atoms with E-state index in [-0.39, 0.29) is 18.1 Å². The molecular weight excluding hydrogens is 430 g/mol. The van der Waals surface area contributed by atoms with Crippen molar-refractivity contribution in [1.82, 2.24) is 4.98 Å². The van der Waals surface area contributed by atoms with Crippen molar-refractivity contribution in [3.05, 3.63) is 78.5 Å². The summed E-state index contributed by atoms with van der Waals surface area (Å²) >= 11 is 0. The van der Waals surface area contributed by atoms with Crippen LogP contribution in [0.5, 0.6) is 11.6 Å². The van der Waals surface area contributed by atoms with Gasteiger partial charge < -0.3 is 24.0 Å². The van der Waals surface area contributed by atoms with Crippen molar-refractivity contribution in [3.8, 4) is 11.6 Å². The number of ether oxygens (including phenoxy) is 3. The van der Waals surface area contributed by atoms with Crippen LogP contribution in [0.4, 0.5) is 11.4 Å². The van der Waals surface area contributed by atoms with E-state index in [2.05, 4.69) is 34.1 Å². The largest absolute Gasteiger partial charge is 0.489 e. The quantitative estimate of drug-likeness (QED) is 0.554. The number of nitrogens with zero attached hydrogens (tertiary/aromatic N) is 3. The minimum Gasteiger partial charge on any atom is -0.489 e. The van der Waals surface area contributed by atoms with E-state index in [0.29, 0.717) is 19.0 Å². The molecule has 7 nitrogen and oxygen atoms in total. The van der Waals surface area contributed by atoms with Gasteiger partial charge in [0.25, 0.3) is 5.91 Å². The molecule has 1 spiro atoms. The highest BCUT2D eigenvalue weighted by molar-refractivity contribution is 5.95. The van der Waals surface area contributed by atoms with Crippen molar-refractivity contribution in [3.63, 3.8) is 0 Å². The Morgan fingerprint density at radius 1 is 0.971 bits per heavy atom. The molecule has 3 aromatic rings. The van der Waals surface area contributed by atoms with E-state index in [0.717, 1.165) is 42.9 Å². The average molecular weight is 460 g/mol. The van der Waals surface area contributed by atoms with E-state index >= 15 is 0 Å².